The fourth-order valence-electron chi connectivity index (χ4n) is 3.77. The number of nitrogens with zero attached hydrogens (tertiary/aromatic N) is 2. The second-order valence-corrected chi connectivity index (χ2v) is 9.78. The molecule has 0 aliphatic carbocycles. The fraction of sp³-hybridized carbons (Fsp3) is 0.276. The van der Waals surface area contributed by atoms with E-state index in [1.54, 1.807) is 49.6 Å². The summed E-state index contributed by atoms with van der Waals surface area (Å²) in [7, 11) is 1.52. The van der Waals surface area contributed by atoms with Gasteiger partial charge in [0.05, 0.1) is 22.7 Å². The number of carbonyl (C=O) groups excluding carboxylic acids is 1. The average molecular weight is 535 g/mol. The summed E-state index contributed by atoms with van der Waals surface area (Å²) < 4.78 is 19.3. The van der Waals surface area contributed by atoms with Gasteiger partial charge in [0.25, 0.3) is 0 Å². The van der Waals surface area contributed by atoms with Gasteiger partial charge in [0.15, 0.2) is 0 Å². The van der Waals surface area contributed by atoms with Gasteiger partial charge in [-0.05, 0) is 36.4 Å². The maximum atomic E-state index is 12.7. The highest BCUT2D eigenvalue weighted by Gasteiger charge is 2.15. The molecule has 3 aromatic carbocycles. The summed E-state index contributed by atoms with van der Waals surface area (Å²) in [4.78, 5) is 29.5. The molecule has 0 spiro atoms. The Morgan fingerprint density at radius 3 is 2.34 bits per heavy atom. The van der Waals surface area contributed by atoms with Gasteiger partial charge in [-0.1, -0.05) is 66.7 Å². The van der Waals surface area contributed by atoms with Crippen LogP contribution < -0.4 is 14.3 Å². The molecule has 0 radical (unpaired) electrons. The summed E-state index contributed by atoms with van der Waals surface area (Å²) in [6.45, 7) is 5.92. The zero-order valence-electron chi connectivity index (χ0n) is 21.7. The highest BCUT2D eigenvalue weighted by atomic mass is 32.1. The summed E-state index contributed by atoms with van der Waals surface area (Å²) in [5, 5.41) is 4.21. The number of benzene rings is 3. The molecule has 4 rings (SSSR count). The molecule has 0 aliphatic heterocycles. The molecule has 198 valence electrons. The van der Waals surface area contributed by atoms with Crippen molar-refractivity contribution in [1.82, 2.24) is 4.57 Å². The third-order valence-electron chi connectivity index (χ3n) is 5.63. The smallest absolute Gasteiger partial charge is 0.311 e. The molecule has 38 heavy (non-hydrogen) atoms. The first-order valence-corrected chi connectivity index (χ1v) is 13.1. The minimum Gasteiger partial charge on any atom is -0.492 e. The molecule has 1 unspecified atom stereocenters. The van der Waals surface area contributed by atoms with Crippen molar-refractivity contribution >= 4 is 33.2 Å². The number of hydrogen-bond donors (Lipinski definition) is 0. The first-order chi connectivity index (χ1) is 18.4. The third-order valence-corrected chi connectivity index (χ3v) is 6.58. The number of oxime groups is 1. The SMILES string of the molecule is CON=C(c1ccccc1)c1ccc2c(c1)sc(=O)n2CCOc1ccc(OC(C)OC(=O)C(C)C)cc1. The van der Waals surface area contributed by atoms with E-state index < -0.39 is 6.29 Å². The van der Waals surface area contributed by atoms with Crippen molar-refractivity contribution in [3.05, 3.63) is 93.6 Å². The van der Waals surface area contributed by atoms with Gasteiger partial charge in [-0.15, -0.1) is 0 Å². The largest absolute Gasteiger partial charge is 0.492 e. The lowest BCUT2D eigenvalue weighted by Gasteiger charge is -2.16. The van der Waals surface area contributed by atoms with Crippen LogP contribution in [0.25, 0.3) is 10.2 Å². The highest BCUT2D eigenvalue weighted by molar-refractivity contribution is 7.16. The summed E-state index contributed by atoms with van der Waals surface area (Å²) in [6, 6.07) is 22.6. The molecular weight excluding hydrogens is 504 g/mol. The van der Waals surface area contributed by atoms with E-state index >= 15 is 0 Å². The van der Waals surface area contributed by atoms with Crippen molar-refractivity contribution in [2.75, 3.05) is 13.7 Å². The Labute approximate surface area is 225 Å². The van der Waals surface area contributed by atoms with Crippen LogP contribution in [0.2, 0.25) is 0 Å². The van der Waals surface area contributed by atoms with Gasteiger partial charge >= 0.3 is 10.8 Å². The lowest BCUT2D eigenvalue weighted by molar-refractivity contribution is -0.165. The average Bonchev–Trinajstić information content (AvgIpc) is 3.22. The van der Waals surface area contributed by atoms with Crippen LogP contribution >= 0.6 is 11.3 Å². The van der Waals surface area contributed by atoms with Crippen molar-refractivity contribution in [3.63, 3.8) is 0 Å². The van der Waals surface area contributed by atoms with Gasteiger partial charge in [-0.3, -0.25) is 14.2 Å². The maximum absolute atomic E-state index is 12.7. The van der Waals surface area contributed by atoms with Gasteiger partial charge in [-0.25, -0.2) is 0 Å². The van der Waals surface area contributed by atoms with Crippen LogP contribution in [0.4, 0.5) is 0 Å². The number of aromatic nitrogens is 1. The quantitative estimate of drug-likeness (QED) is 0.110. The number of hydrogen-bond acceptors (Lipinski definition) is 8. The maximum Gasteiger partial charge on any atom is 0.311 e. The summed E-state index contributed by atoms with van der Waals surface area (Å²) in [5.41, 5.74) is 3.33. The summed E-state index contributed by atoms with van der Waals surface area (Å²) in [6.07, 6.45) is -0.694. The van der Waals surface area contributed by atoms with Gasteiger partial charge in [0, 0.05) is 18.1 Å². The lowest BCUT2D eigenvalue weighted by atomic mass is 10.0. The number of esters is 1. The zero-order valence-corrected chi connectivity index (χ0v) is 22.6. The predicted molar refractivity (Wildman–Crippen MR) is 148 cm³/mol. The van der Waals surface area contributed by atoms with E-state index in [2.05, 4.69) is 5.16 Å². The van der Waals surface area contributed by atoms with Crippen molar-refractivity contribution < 1.29 is 23.8 Å². The molecule has 1 heterocycles. The van der Waals surface area contributed by atoms with E-state index in [4.69, 9.17) is 19.0 Å². The van der Waals surface area contributed by atoms with Crippen LogP contribution in [0.1, 0.15) is 31.9 Å². The zero-order chi connectivity index (χ0) is 27.1. The monoisotopic (exact) mass is 534 g/mol. The predicted octanol–water partition coefficient (Wildman–Crippen LogP) is 5.46. The molecule has 0 saturated heterocycles. The Balaban J connectivity index is 1.39. The molecule has 0 aliphatic rings. The van der Waals surface area contributed by atoms with Crippen LogP contribution in [0.15, 0.2) is 82.7 Å². The van der Waals surface area contributed by atoms with Crippen molar-refractivity contribution in [3.8, 4) is 11.5 Å². The van der Waals surface area contributed by atoms with Crippen LogP contribution in [-0.2, 0) is 20.9 Å². The van der Waals surface area contributed by atoms with E-state index in [1.165, 1.54) is 18.4 Å². The molecule has 0 bridgehead atoms. The van der Waals surface area contributed by atoms with Crippen LogP contribution in [0.5, 0.6) is 11.5 Å². The standard InChI is InChI=1S/C29H30N2O6S/c1-19(2)28(32)37-20(3)36-24-13-11-23(12-14-24)35-17-16-31-25-15-10-22(18-26(25)38-29(31)33)27(30-34-4)21-8-6-5-7-9-21/h5-15,18-20H,16-17H2,1-4H3. The van der Waals surface area contributed by atoms with E-state index in [9.17, 15) is 9.59 Å². The Hall–Kier alpha value is -4.11. The van der Waals surface area contributed by atoms with Crippen LogP contribution in [0.3, 0.4) is 0 Å². The van der Waals surface area contributed by atoms with Gasteiger partial charge in [-0.2, -0.15) is 0 Å². The molecule has 0 N–H and O–H groups in total. The number of rotatable bonds is 11. The van der Waals surface area contributed by atoms with Gasteiger partial charge in [0.1, 0.15) is 30.9 Å². The second kappa shape index (κ2) is 12.4. The topological polar surface area (TPSA) is 88.3 Å². The van der Waals surface area contributed by atoms with Crippen LogP contribution in [-0.4, -0.2) is 36.3 Å². The van der Waals surface area contributed by atoms with Crippen molar-refractivity contribution in [1.29, 1.82) is 0 Å². The van der Waals surface area contributed by atoms with E-state index in [0.717, 1.165) is 21.3 Å². The molecule has 0 amide bonds. The Morgan fingerprint density at radius 1 is 0.947 bits per heavy atom. The normalized spacial score (nSPS) is 12.4. The number of ether oxygens (including phenoxy) is 3. The lowest BCUT2D eigenvalue weighted by Crippen LogP contribution is -2.23. The minimum absolute atomic E-state index is 0.0561. The minimum atomic E-state index is -0.694. The summed E-state index contributed by atoms with van der Waals surface area (Å²) >= 11 is 1.19. The Bertz CT molecular complexity index is 1460. The number of carbonyl (C=O) groups is 1. The molecule has 4 aromatic rings. The molecule has 0 fully saturated rings. The highest BCUT2D eigenvalue weighted by Crippen LogP contribution is 2.23. The molecule has 9 heteroatoms. The van der Waals surface area contributed by atoms with E-state index in [1.807, 2.05) is 48.5 Å². The molecule has 8 nitrogen and oxygen atoms in total. The third kappa shape index (κ3) is 6.60. The molecular formula is C29H30N2O6S. The Morgan fingerprint density at radius 2 is 1.66 bits per heavy atom. The van der Waals surface area contributed by atoms with Crippen molar-refractivity contribution in [2.24, 2.45) is 11.1 Å². The number of thiazole rings is 1. The molecule has 1 aromatic heterocycles. The number of fused-ring (bicyclic) bond motifs is 1. The molecule has 1 atom stereocenters. The van der Waals surface area contributed by atoms with Gasteiger partial charge < -0.3 is 19.0 Å². The van der Waals surface area contributed by atoms with E-state index in [-0.39, 0.29) is 16.8 Å². The fourth-order valence-corrected chi connectivity index (χ4v) is 4.73. The molecule has 0 saturated carbocycles. The Kier molecular flexibility index (Phi) is 8.81. The second-order valence-electron chi connectivity index (χ2n) is 8.79. The van der Waals surface area contributed by atoms with E-state index in [0.29, 0.717) is 30.4 Å². The first kappa shape index (κ1) is 26.9. The van der Waals surface area contributed by atoms with Gasteiger partial charge in [0.2, 0.25) is 6.29 Å². The first-order valence-electron chi connectivity index (χ1n) is 12.3. The van der Waals surface area contributed by atoms with Crippen molar-refractivity contribution in [2.45, 2.75) is 33.6 Å². The summed E-state index contributed by atoms with van der Waals surface area (Å²) in [5.74, 6) is 0.666. The van der Waals surface area contributed by atoms with Crippen LogP contribution in [0, 0.1) is 5.92 Å².